The lowest BCUT2D eigenvalue weighted by Gasteiger charge is -2.36. The minimum atomic E-state index is -0.720. The number of rotatable bonds is 3. The van der Waals surface area contributed by atoms with E-state index >= 15 is 0 Å². The SMILES string of the molecule is OCC1(CC2(O)C=CC=CC2)CCCC1. The highest BCUT2D eigenvalue weighted by molar-refractivity contribution is 5.19. The Hall–Kier alpha value is -0.600. The van der Waals surface area contributed by atoms with Gasteiger partial charge < -0.3 is 10.2 Å². The van der Waals surface area contributed by atoms with Crippen molar-refractivity contribution in [3.63, 3.8) is 0 Å². The Labute approximate surface area is 91.3 Å². The van der Waals surface area contributed by atoms with Crippen molar-refractivity contribution in [2.24, 2.45) is 5.41 Å². The van der Waals surface area contributed by atoms with Crippen LogP contribution in [0.25, 0.3) is 0 Å². The van der Waals surface area contributed by atoms with Crippen molar-refractivity contribution in [1.82, 2.24) is 0 Å². The number of hydrogen-bond acceptors (Lipinski definition) is 2. The van der Waals surface area contributed by atoms with Crippen LogP contribution in [0.1, 0.15) is 38.5 Å². The predicted molar refractivity (Wildman–Crippen MR) is 60.5 cm³/mol. The molecule has 15 heavy (non-hydrogen) atoms. The molecule has 0 aliphatic heterocycles. The summed E-state index contributed by atoms with van der Waals surface area (Å²) in [4.78, 5) is 0. The number of hydrogen-bond donors (Lipinski definition) is 2. The molecule has 2 aliphatic rings. The Morgan fingerprint density at radius 1 is 1.13 bits per heavy atom. The second-order valence-electron chi connectivity index (χ2n) is 5.14. The van der Waals surface area contributed by atoms with Gasteiger partial charge in [-0.1, -0.05) is 37.1 Å². The fourth-order valence-corrected chi connectivity index (χ4v) is 2.95. The fraction of sp³-hybridized carbons (Fsp3) is 0.692. The van der Waals surface area contributed by atoms with Crippen molar-refractivity contribution in [2.45, 2.75) is 44.1 Å². The van der Waals surface area contributed by atoms with Crippen molar-refractivity contribution >= 4 is 0 Å². The molecule has 1 atom stereocenters. The van der Waals surface area contributed by atoms with Crippen molar-refractivity contribution in [3.05, 3.63) is 24.3 Å². The maximum Gasteiger partial charge on any atom is 0.0871 e. The van der Waals surface area contributed by atoms with E-state index in [1.54, 1.807) is 0 Å². The normalized spacial score (nSPS) is 33.5. The summed E-state index contributed by atoms with van der Waals surface area (Å²) >= 11 is 0. The van der Waals surface area contributed by atoms with Gasteiger partial charge in [0.25, 0.3) is 0 Å². The van der Waals surface area contributed by atoms with Gasteiger partial charge in [0.05, 0.1) is 5.60 Å². The summed E-state index contributed by atoms with van der Waals surface area (Å²) in [6.07, 6.45) is 13.6. The van der Waals surface area contributed by atoms with Gasteiger partial charge in [0.1, 0.15) is 0 Å². The summed E-state index contributed by atoms with van der Waals surface area (Å²) in [5.41, 5.74) is -0.744. The molecule has 0 aromatic heterocycles. The van der Waals surface area contributed by atoms with Crippen LogP contribution >= 0.6 is 0 Å². The molecule has 0 aromatic rings. The van der Waals surface area contributed by atoms with Crippen LogP contribution in [-0.4, -0.2) is 22.4 Å². The largest absolute Gasteiger partial charge is 0.396 e. The third kappa shape index (κ3) is 2.32. The second kappa shape index (κ2) is 4.11. The molecule has 2 aliphatic carbocycles. The molecule has 2 N–H and O–H groups in total. The lowest BCUT2D eigenvalue weighted by Crippen LogP contribution is -2.36. The van der Waals surface area contributed by atoms with E-state index in [9.17, 15) is 10.2 Å². The number of aliphatic hydroxyl groups excluding tert-OH is 1. The Bertz CT molecular complexity index is 274. The van der Waals surface area contributed by atoms with Crippen molar-refractivity contribution < 1.29 is 10.2 Å². The third-order valence-electron chi connectivity index (χ3n) is 3.81. The first-order valence-electron chi connectivity index (χ1n) is 5.86. The quantitative estimate of drug-likeness (QED) is 0.746. The first-order valence-corrected chi connectivity index (χ1v) is 5.86. The fourth-order valence-electron chi connectivity index (χ4n) is 2.95. The van der Waals surface area contributed by atoms with E-state index in [4.69, 9.17) is 0 Å². The molecule has 0 heterocycles. The lowest BCUT2D eigenvalue weighted by molar-refractivity contribution is 0.00730. The first-order chi connectivity index (χ1) is 7.18. The van der Waals surface area contributed by atoms with Crippen LogP contribution in [-0.2, 0) is 0 Å². The average molecular weight is 208 g/mol. The van der Waals surface area contributed by atoms with Crippen LogP contribution in [0.5, 0.6) is 0 Å². The van der Waals surface area contributed by atoms with E-state index < -0.39 is 5.60 Å². The molecule has 2 heteroatoms. The van der Waals surface area contributed by atoms with Crippen LogP contribution in [0.2, 0.25) is 0 Å². The minimum absolute atomic E-state index is 0.0235. The van der Waals surface area contributed by atoms with E-state index in [-0.39, 0.29) is 12.0 Å². The zero-order valence-electron chi connectivity index (χ0n) is 9.15. The highest BCUT2D eigenvalue weighted by atomic mass is 16.3. The smallest absolute Gasteiger partial charge is 0.0871 e. The van der Waals surface area contributed by atoms with Gasteiger partial charge in [0.2, 0.25) is 0 Å². The van der Waals surface area contributed by atoms with Crippen molar-refractivity contribution in [3.8, 4) is 0 Å². The second-order valence-corrected chi connectivity index (χ2v) is 5.14. The Kier molecular flexibility index (Phi) is 2.98. The van der Waals surface area contributed by atoms with E-state index in [1.807, 2.05) is 24.3 Å². The first kappa shape index (κ1) is 10.9. The summed E-state index contributed by atoms with van der Waals surface area (Å²) in [7, 11) is 0. The predicted octanol–water partition coefficient (Wildman–Crippen LogP) is 2.18. The lowest BCUT2D eigenvalue weighted by atomic mass is 9.74. The molecule has 2 nitrogen and oxygen atoms in total. The van der Waals surface area contributed by atoms with Crippen LogP contribution in [0.4, 0.5) is 0 Å². The molecule has 1 saturated carbocycles. The maximum atomic E-state index is 10.4. The standard InChI is InChI=1S/C13H20O2/c14-11-12(6-4-5-7-12)10-13(15)8-2-1-3-9-13/h1-3,8,14-15H,4-7,9-11H2. The van der Waals surface area contributed by atoms with Crippen molar-refractivity contribution in [1.29, 1.82) is 0 Å². The van der Waals surface area contributed by atoms with E-state index in [0.717, 1.165) is 12.8 Å². The molecule has 0 aromatic carbocycles. The van der Waals surface area contributed by atoms with Gasteiger partial charge in [-0.3, -0.25) is 0 Å². The van der Waals surface area contributed by atoms with E-state index in [2.05, 4.69) is 0 Å². The van der Waals surface area contributed by atoms with Gasteiger partial charge >= 0.3 is 0 Å². The molecule has 0 saturated heterocycles. The molecule has 1 unspecified atom stereocenters. The maximum absolute atomic E-state index is 10.4. The molecule has 2 rings (SSSR count). The van der Waals surface area contributed by atoms with Gasteiger partial charge in [-0.15, -0.1) is 0 Å². The molecule has 0 bridgehead atoms. The topological polar surface area (TPSA) is 40.5 Å². The van der Waals surface area contributed by atoms with Crippen molar-refractivity contribution in [2.75, 3.05) is 6.61 Å². The van der Waals surface area contributed by atoms with E-state index in [1.165, 1.54) is 12.8 Å². The summed E-state index contributed by atoms with van der Waals surface area (Å²) in [5.74, 6) is 0. The Morgan fingerprint density at radius 2 is 1.87 bits per heavy atom. The molecule has 0 radical (unpaired) electrons. The number of aliphatic hydroxyl groups is 2. The summed E-state index contributed by atoms with van der Waals surface area (Å²) in [6, 6.07) is 0. The minimum Gasteiger partial charge on any atom is -0.396 e. The van der Waals surface area contributed by atoms with Crippen LogP contribution in [0.15, 0.2) is 24.3 Å². The summed E-state index contributed by atoms with van der Waals surface area (Å²) in [6.45, 7) is 0.215. The van der Waals surface area contributed by atoms with E-state index in [0.29, 0.717) is 12.8 Å². The zero-order valence-corrected chi connectivity index (χ0v) is 9.15. The van der Waals surface area contributed by atoms with Crippen LogP contribution < -0.4 is 0 Å². The Balaban J connectivity index is 2.06. The molecule has 0 spiro atoms. The molecular weight excluding hydrogens is 188 g/mol. The van der Waals surface area contributed by atoms with Gasteiger partial charge in [-0.25, -0.2) is 0 Å². The van der Waals surface area contributed by atoms with Gasteiger partial charge in [-0.2, -0.15) is 0 Å². The van der Waals surface area contributed by atoms with Crippen LogP contribution in [0, 0.1) is 5.41 Å². The van der Waals surface area contributed by atoms with Gasteiger partial charge in [0, 0.05) is 6.61 Å². The van der Waals surface area contributed by atoms with Gasteiger partial charge in [-0.05, 0) is 31.1 Å². The third-order valence-corrected chi connectivity index (χ3v) is 3.81. The molecule has 0 amide bonds. The highest BCUT2D eigenvalue weighted by Crippen LogP contribution is 2.45. The Morgan fingerprint density at radius 3 is 2.40 bits per heavy atom. The summed E-state index contributed by atoms with van der Waals surface area (Å²) in [5, 5.41) is 19.9. The molecule has 1 fully saturated rings. The van der Waals surface area contributed by atoms with Crippen LogP contribution in [0.3, 0.4) is 0 Å². The monoisotopic (exact) mass is 208 g/mol. The van der Waals surface area contributed by atoms with Gasteiger partial charge in [0.15, 0.2) is 0 Å². The highest BCUT2D eigenvalue weighted by Gasteiger charge is 2.40. The average Bonchev–Trinajstić information content (AvgIpc) is 2.67. The molecular formula is C13H20O2. The number of allylic oxidation sites excluding steroid dienone is 2. The summed E-state index contributed by atoms with van der Waals surface area (Å²) < 4.78 is 0. The zero-order chi connectivity index (χ0) is 10.8. The molecule has 84 valence electrons.